The molecule has 0 saturated carbocycles. The highest BCUT2D eigenvalue weighted by molar-refractivity contribution is 6.09. The molecule has 0 amide bonds. The molecule has 0 fully saturated rings. The van der Waals surface area contributed by atoms with Crippen molar-refractivity contribution in [1.82, 2.24) is 4.57 Å². The number of benzene rings is 10. The van der Waals surface area contributed by atoms with Gasteiger partial charge in [-0.3, -0.25) is 0 Å². The van der Waals surface area contributed by atoms with E-state index in [-0.39, 0.29) is 0 Å². The van der Waals surface area contributed by atoms with Gasteiger partial charge in [0, 0.05) is 44.3 Å². The first-order valence-electron chi connectivity index (χ1n) is 21.5. The number of anilines is 3. The second kappa shape index (κ2) is 15.3. The summed E-state index contributed by atoms with van der Waals surface area (Å²) in [4.78, 5) is 2.34. The van der Waals surface area contributed by atoms with Crippen molar-refractivity contribution in [3.05, 3.63) is 243 Å². The summed E-state index contributed by atoms with van der Waals surface area (Å²) in [7, 11) is 0. The Labute approximate surface area is 366 Å². The van der Waals surface area contributed by atoms with Gasteiger partial charge in [-0.05, 0) is 129 Å². The molecule has 0 bridgehead atoms. The van der Waals surface area contributed by atoms with Crippen molar-refractivity contribution < 1.29 is 4.42 Å². The molecular weight excluding hydrogens is 765 g/mol. The van der Waals surface area contributed by atoms with E-state index in [0.717, 1.165) is 66.9 Å². The highest BCUT2D eigenvalue weighted by Crippen LogP contribution is 2.40. The maximum atomic E-state index is 6.25. The zero-order valence-corrected chi connectivity index (χ0v) is 34.4. The Balaban J connectivity index is 0.949. The summed E-state index contributed by atoms with van der Waals surface area (Å²) >= 11 is 0. The van der Waals surface area contributed by atoms with Gasteiger partial charge in [0.2, 0.25) is 0 Å². The maximum absolute atomic E-state index is 6.25. The molecule has 3 heteroatoms. The van der Waals surface area contributed by atoms with E-state index in [4.69, 9.17) is 4.42 Å². The monoisotopic (exact) mass is 804 g/mol. The van der Waals surface area contributed by atoms with Crippen LogP contribution in [0.3, 0.4) is 0 Å². The van der Waals surface area contributed by atoms with Crippen LogP contribution < -0.4 is 4.90 Å². The Morgan fingerprint density at radius 2 is 0.667 bits per heavy atom. The van der Waals surface area contributed by atoms with Crippen LogP contribution in [0.25, 0.3) is 93.9 Å². The molecule has 0 spiro atoms. The van der Waals surface area contributed by atoms with Crippen LogP contribution in [0.5, 0.6) is 0 Å². The molecular formula is C60H40N2O. The summed E-state index contributed by atoms with van der Waals surface area (Å²) in [5, 5.41) is 4.78. The van der Waals surface area contributed by atoms with Crippen molar-refractivity contribution in [3.8, 4) is 50.2 Å². The van der Waals surface area contributed by atoms with Crippen LogP contribution in [0.2, 0.25) is 0 Å². The molecule has 0 aliphatic heterocycles. The van der Waals surface area contributed by atoms with E-state index in [1.165, 1.54) is 44.1 Å². The Kier molecular flexibility index (Phi) is 8.83. The van der Waals surface area contributed by atoms with E-state index in [1.54, 1.807) is 0 Å². The van der Waals surface area contributed by atoms with Crippen molar-refractivity contribution in [2.45, 2.75) is 0 Å². The summed E-state index contributed by atoms with van der Waals surface area (Å²) in [6, 6.07) is 87.2. The maximum Gasteiger partial charge on any atom is 0.136 e. The molecule has 0 aliphatic carbocycles. The molecule has 0 atom stereocenters. The average molecular weight is 805 g/mol. The molecule has 0 radical (unpaired) electrons. The van der Waals surface area contributed by atoms with Crippen molar-refractivity contribution >= 4 is 60.8 Å². The zero-order valence-electron chi connectivity index (χ0n) is 34.4. The minimum absolute atomic E-state index is 0.898. The molecule has 63 heavy (non-hydrogen) atoms. The standard InChI is InChI=1S/C60H40N2O/c1-3-13-41(14-4-1)43-23-30-49(31-24-43)61(50-32-25-44(26-33-50)46-29-36-56-55-19-9-12-22-59(55)63-60(56)40-46)51-34-27-45(28-35-51)48-37-47(42-15-5-2-6-16-42)38-52(39-48)62-57-20-10-7-17-53(57)54-18-8-11-21-58(54)62/h1-40H. The summed E-state index contributed by atoms with van der Waals surface area (Å²) in [6.45, 7) is 0. The third-order valence-electron chi connectivity index (χ3n) is 12.4. The topological polar surface area (TPSA) is 21.3 Å². The number of nitrogens with zero attached hydrogens (tertiary/aromatic N) is 2. The van der Waals surface area contributed by atoms with Gasteiger partial charge < -0.3 is 13.9 Å². The minimum atomic E-state index is 0.898. The molecule has 10 aromatic carbocycles. The van der Waals surface area contributed by atoms with E-state index in [1.807, 2.05) is 12.1 Å². The highest BCUT2D eigenvalue weighted by Gasteiger charge is 2.17. The summed E-state index contributed by atoms with van der Waals surface area (Å²) in [5.74, 6) is 0. The number of aromatic nitrogens is 1. The van der Waals surface area contributed by atoms with E-state index in [2.05, 4.69) is 240 Å². The number of fused-ring (bicyclic) bond motifs is 6. The number of hydrogen-bond donors (Lipinski definition) is 0. The van der Waals surface area contributed by atoms with Crippen LogP contribution in [0, 0.1) is 0 Å². The number of hydrogen-bond acceptors (Lipinski definition) is 2. The van der Waals surface area contributed by atoms with Crippen molar-refractivity contribution in [1.29, 1.82) is 0 Å². The number of rotatable bonds is 8. The SMILES string of the molecule is c1ccc(-c2ccc(N(c3ccc(-c4cc(-c5ccccc5)cc(-n5c6ccccc6c6ccccc65)c4)cc3)c3ccc(-c4ccc5c(c4)oc4ccccc45)cc3)cc2)cc1. The van der Waals surface area contributed by atoms with Crippen LogP contribution in [0.4, 0.5) is 17.1 Å². The number of furan rings is 1. The Hall–Kier alpha value is -8.40. The van der Waals surface area contributed by atoms with E-state index in [9.17, 15) is 0 Å². The highest BCUT2D eigenvalue weighted by atomic mass is 16.3. The second-order valence-corrected chi connectivity index (χ2v) is 16.2. The Morgan fingerprint density at radius 1 is 0.270 bits per heavy atom. The lowest BCUT2D eigenvalue weighted by molar-refractivity contribution is 0.669. The van der Waals surface area contributed by atoms with Gasteiger partial charge in [0.15, 0.2) is 0 Å². The third-order valence-corrected chi connectivity index (χ3v) is 12.4. The van der Waals surface area contributed by atoms with Crippen molar-refractivity contribution in [2.24, 2.45) is 0 Å². The van der Waals surface area contributed by atoms with Crippen LogP contribution in [0.1, 0.15) is 0 Å². The smallest absolute Gasteiger partial charge is 0.136 e. The van der Waals surface area contributed by atoms with Gasteiger partial charge in [-0.2, -0.15) is 0 Å². The Bertz CT molecular complexity index is 3530. The fourth-order valence-electron chi connectivity index (χ4n) is 9.30. The van der Waals surface area contributed by atoms with Gasteiger partial charge >= 0.3 is 0 Å². The quantitative estimate of drug-likeness (QED) is 0.153. The summed E-state index contributed by atoms with van der Waals surface area (Å²) in [6.07, 6.45) is 0. The molecule has 0 aliphatic rings. The first kappa shape index (κ1) is 36.5. The van der Waals surface area contributed by atoms with Crippen LogP contribution in [-0.4, -0.2) is 4.57 Å². The van der Waals surface area contributed by atoms with Gasteiger partial charge in [0.1, 0.15) is 11.2 Å². The third kappa shape index (κ3) is 6.55. The fraction of sp³-hybridized carbons (Fsp3) is 0. The predicted molar refractivity (Wildman–Crippen MR) is 264 cm³/mol. The molecule has 2 aromatic heterocycles. The molecule has 12 rings (SSSR count). The largest absolute Gasteiger partial charge is 0.456 e. The summed E-state index contributed by atoms with van der Waals surface area (Å²) in [5.41, 5.74) is 17.9. The van der Waals surface area contributed by atoms with Crippen LogP contribution >= 0.6 is 0 Å². The minimum Gasteiger partial charge on any atom is -0.456 e. The fourth-order valence-corrected chi connectivity index (χ4v) is 9.30. The molecule has 12 aromatic rings. The Morgan fingerprint density at radius 3 is 1.22 bits per heavy atom. The van der Waals surface area contributed by atoms with E-state index in [0.29, 0.717) is 0 Å². The molecule has 0 N–H and O–H groups in total. The first-order valence-corrected chi connectivity index (χ1v) is 21.5. The summed E-state index contributed by atoms with van der Waals surface area (Å²) < 4.78 is 8.67. The van der Waals surface area contributed by atoms with E-state index >= 15 is 0 Å². The molecule has 0 unspecified atom stereocenters. The van der Waals surface area contributed by atoms with Crippen LogP contribution in [0.15, 0.2) is 247 Å². The zero-order chi connectivity index (χ0) is 41.7. The molecule has 296 valence electrons. The van der Waals surface area contributed by atoms with Crippen molar-refractivity contribution in [3.63, 3.8) is 0 Å². The number of para-hydroxylation sites is 3. The van der Waals surface area contributed by atoms with Gasteiger partial charge in [-0.25, -0.2) is 0 Å². The molecule has 3 nitrogen and oxygen atoms in total. The average Bonchev–Trinajstić information content (AvgIpc) is 3.91. The molecule has 0 saturated heterocycles. The second-order valence-electron chi connectivity index (χ2n) is 16.2. The normalized spacial score (nSPS) is 11.5. The lowest BCUT2D eigenvalue weighted by atomic mass is 9.97. The lowest BCUT2D eigenvalue weighted by Crippen LogP contribution is -2.09. The van der Waals surface area contributed by atoms with Gasteiger partial charge in [0.25, 0.3) is 0 Å². The lowest BCUT2D eigenvalue weighted by Gasteiger charge is -2.26. The first-order chi connectivity index (χ1) is 31.2. The van der Waals surface area contributed by atoms with Gasteiger partial charge in [-0.15, -0.1) is 0 Å². The van der Waals surface area contributed by atoms with Crippen LogP contribution in [-0.2, 0) is 0 Å². The van der Waals surface area contributed by atoms with E-state index < -0.39 is 0 Å². The van der Waals surface area contributed by atoms with Crippen molar-refractivity contribution in [2.75, 3.05) is 4.90 Å². The predicted octanol–water partition coefficient (Wildman–Crippen LogP) is 16.8. The molecule has 2 heterocycles. The van der Waals surface area contributed by atoms with Gasteiger partial charge in [-0.1, -0.05) is 158 Å². The van der Waals surface area contributed by atoms with Gasteiger partial charge in [0.05, 0.1) is 11.0 Å².